The second kappa shape index (κ2) is 5.88. The molecule has 1 aromatic carbocycles. The van der Waals surface area contributed by atoms with Crippen molar-refractivity contribution in [2.24, 2.45) is 5.92 Å². The van der Waals surface area contributed by atoms with Crippen LogP contribution in [0.1, 0.15) is 19.5 Å². The number of hydrogen-bond acceptors (Lipinski definition) is 3. The Hall–Kier alpha value is -1.82. The Labute approximate surface area is 110 Å². The van der Waals surface area contributed by atoms with Crippen molar-refractivity contribution in [1.82, 2.24) is 20.3 Å². The van der Waals surface area contributed by atoms with E-state index in [0.29, 0.717) is 18.2 Å². The molecule has 0 atom stereocenters. The molecule has 6 heteroatoms. The zero-order chi connectivity index (χ0) is 13.8. The Morgan fingerprint density at radius 1 is 1.32 bits per heavy atom. The van der Waals surface area contributed by atoms with Crippen LogP contribution in [0.25, 0.3) is 5.69 Å². The third kappa shape index (κ3) is 3.35. The molecule has 0 saturated heterocycles. The minimum atomic E-state index is -0.922. The third-order valence-corrected chi connectivity index (χ3v) is 2.58. The molecule has 102 valence electrons. The number of benzene rings is 1. The van der Waals surface area contributed by atoms with Gasteiger partial charge in [-0.05, 0) is 24.6 Å². The molecule has 1 N–H and O–H groups in total. The first-order valence-corrected chi connectivity index (χ1v) is 6.14. The lowest BCUT2D eigenvalue weighted by atomic mass is 10.2. The predicted octanol–water partition coefficient (Wildman–Crippen LogP) is 2.29. The summed E-state index contributed by atoms with van der Waals surface area (Å²) >= 11 is 0. The summed E-state index contributed by atoms with van der Waals surface area (Å²) in [5, 5.41) is 10.9. The smallest absolute Gasteiger partial charge is 0.184 e. The summed E-state index contributed by atoms with van der Waals surface area (Å²) in [5.41, 5.74) is 0.743. The van der Waals surface area contributed by atoms with Crippen molar-refractivity contribution in [2.45, 2.75) is 20.4 Å². The molecule has 0 unspecified atom stereocenters. The fourth-order valence-corrected chi connectivity index (χ4v) is 1.66. The van der Waals surface area contributed by atoms with Gasteiger partial charge in [0.25, 0.3) is 0 Å². The summed E-state index contributed by atoms with van der Waals surface area (Å²) in [7, 11) is 0. The molecule has 4 nitrogen and oxygen atoms in total. The summed E-state index contributed by atoms with van der Waals surface area (Å²) in [5.74, 6) is -1.28. The number of hydrogen-bond donors (Lipinski definition) is 1. The summed E-state index contributed by atoms with van der Waals surface area (Å²) < 4.78 is 27.9. The lowest BCUT2D eigenvalue weighted by Gasteiger charge is -2.04. The van der Waals surface area contributed by atoms with Gasteiger partial charge in [0.1, 0.15) is 5.69 Å². The predicted molar refractivity (Wildman–Crippen MR) is 67.8 cm³/mol. The van der Waals surface area contributed by atoms with E-state index in [0.717, 1.165) is 12.6 Å². The lowest BCUT2D eigenvalue weighted by molar-refractivity contribution is 0.500. The van der Waals surface area contributed by atoms with Gasteiger partial charge in [0.2, 0.25) is 0 Å². The Morgan fingerprint density at radius 3 is 2.84 bits per heavy atom. The number of nitrogens with one attached hydrogen (secondary N) is 1. The minimum Gasteiger partial charge on any atom is -0.311 e. The van der Waals surface area contributed by atoms with Crippen molar-refractivity contribution in [2.75, 3.05) is 6.54 Å². The second-order valence-electron chi connectivity index (χ2n) is 4.75. The maximum atomic E-state index is 13.6. The average molecular weight is 266 g/mol. The van der Waals surface area contributed by atoms with Crippen LogP contribution in [0.3, 0.4) is 0 Å². The Balaban J connectivity index is 2.10. The van der Waals surface area contributed by atoms with Crippen molar-refractivity contribution >= 4 is 0 Å². The highest BCUT2D eigenvalue weighted by atomic mass is 19.2. The first-order valence-electron chi connectivity index (χ1n) is 6.14. The van der Waals surface area contributed by atoms with Crippen molar-refractivity contribution in [3.63, 3.8) is 0 Å². The van der Waals surface area contributed by atoms with Gasteiger partial charge >= 0.3 is 0 Å². The van der Waals surface area contributed by atoms with Crippen LogP contribution < -0.4 is 5.32 Å². The van der Waals surface area contributed by atoms with Crippen LogP contribution in [0, 0.1) is 17.6 Å². The van der Waals surface area contributed by atoms with Gasteiger partial charge in [-0.15, -0.1) is 5.10 Å². The maximum Gasteiger partial charge on any atom is 0.184 e. The second-order valence-corrected chi connectivity index (χ2v) is 4.75. The summed E-state index contributed by atoms with van der Waals surface area (Å²) in [4.78, 5) is 0. The Bertz CT molecular complexity index is 551. The molecule has 0 fully saturated rings. The summed E-state index contributed by atoms with van der Waals surface area (Å²) in [6.07, 6.45) is 1.59. The molecule has 1 aromatic heterocycles. The van der Waals surface area contributed by atoms with Crippen LogP contribution in [-0.4, -0.2) is 21.5 Å². The highest BCUT2D eigenvalue weighted by molar-refractivity contribution is 5.33. The normalized spacial score (nSPS) is 11.2. The van der Waals surface area contributed by atoms with E-state index in [1.54, 1.807) is 6.20 Å². The molecule has 0 bridgehead atoms. The molecule has 0 radical (unpaired) electrons. The van der Waals surface area contributed by atoms with Crippen LogP contribution in [-0.2, 0) is 6.54 Å². The van der Waals surface area contributed by atoms with Crippen LogP contribution in [0.4, 0.5) is 8.78 Å². The Morgan fingerprint density at radius 2 is 2.11 bits per heavy atom. The van der Waals surface area contributed by atoms with Gasteiger partial charge in [0.05, 0.1) is 11.9 Å². The van der Waals surface area contributed by atoms with Crippen LogP contribution in [0.5, 0.6) is 0 Å². The van der Waals surface area contributed by atoms with E-state index >= 15 is 0 Å². The van der Waals surface area contributed by atoms with E-state index in [-0.39, 0.29) is 5.69 Å². The van der Waals surface area contributed by atoms with Gasteiger partial charge in [-0.1, -0.05) is 25.1 Å². The fraction of sp³-hybridized carbons (Fsp3) is 0.385. The molecular weight excluding hydrogens is 250 g/mol. The molecule has 0 saturated carbocycles. The first-order chi connectivity index (χ1) is 9.08. The van der Waals surface area contributed by atoms with Gasteiger partial charge in [0.15, 0.2) is 11.6 Å². The Kier molecular flexibility index (Phi) is 4.21. The zero-order valence-electron chi connectivity index (χ0n) is 10.9. The molecule has 2 aromatic rings. The molecule has 0 aliphatic rings. The van der Waals surface area contributed by atoms with E-state index in [4.69, 9.17) is 0 Å². The lowest BCUT2D eigenvalue weighted by Crippen LogP contribution is -2.19. The van der Waals surface area contributed by atoms with Gasteiger partial charge < -0.3 is 5.32 Å². The average Bonchev–Trinajstić information content (AvgIpc) is 2.81. The zero-order valence-corrected chi connectivity index (χ0v) is 10.9. The number of halogens is 2. The first kappa shape index (κ1) is 13.6. The van der Waals surface area contributed by atoms with Crippen LogP contribution in [0.15, 0.2) is 24.4 Å². The fourth-order valence-electron chi connectivity index (χ4n) is 1.66. The topological polar surface area (TPSA) is 42.7 Å². The molecular formula is C13H16F2N4. The van der Waals surface area contributed by atoms with Crippen molar-refractivity contribution in [1.29, 1.82) is 0 Å². The quantitative estimate of drug-likeness (QED) is 0.903. The molecule has 19 heavy (non-hydrogen) atoms. The largest absolute Gasteiger partial charge is 0.311 e. The summed E-state index contributed by atoms with van der Waals surface area (Å²) in [6.45, 7) is 5.62. The maximum absolute atomic E-state index is 13.6. The van der Waals surface area contributed by atoms with Gasteiger partial charge in [-0.2, -0.15) is 0 Å². The number of aromatic nitrogens is 3. The monoisotopic (exact) mass is 266 g/mol. The van der Waals surface area contributed by atoms with E-state index < -0.39 is 11.6 Å². The standard InChI is InChI=1S/C13H16F2N4/c1-9(2)6-16-7-10-8-19(18-17-10)12-5-3-4-11(14)13(12)15/h3-5,8-9,16H,6-7H2,1-2H3. The molecule has 0 aliphatic heterocycles. The van der Waals surface area contributed by atoms with Crippen LogP contribution >= 0.6 is 0 Å². The van der Waals surface area contributed by atoms with Crippen molar-refractivity contribution in [3.05, 3.63) is 41.7 Å². The van der Waals surface area contributed by atoms with Gasteiger partial charge in [-0.25, -0.2) is 13.5 Å². The third-order valence-electron chi connectivity index (χ3n) is 2.58. The number of rotatable bonds is 5. The van der Waals surface area contributed by atoms with Crippen LogP contribution in [0.2, 0.25) is 0 Å². The van der Waals surface area contributed by atoms with Crippen molar-refractivity contribution in [3.8, 4) is 5.69 Å². The van der Waals surface area contributed by atoms with Gasteiger partial charge in [0, 0.05) is 6.54 Å². The molecule has 2 rings (SSSR count). The van der Waals surface area contributed by atoms with E-state index in [1.165, 1.54) is 16.8 Å². The minimum absolute atomic E-state index is 0.0580. The summed E-state index contributed by atoms with van der Waals surface area (Å²) in [6, 6.07) is 3.96. The van der Waals surface area contributed by atoms with Crippen molar-refractivity contribution < 1.29 is 8.78 Å². The molecule has 0 aliphatic carbocycles. The highest BCUT2D eigenvalue weighted by Gasteiger charge is 2.11. The molecule has 1 heterocycles. The van der Waals surface area contributed by atoms with E-state index in [9.17, 15) is 8.78 Å². The molecule has 0 amide bonds. The highest BCUT2D eigenvalue weighted by Crippen LogP contribution is 2.15. The van der Waals surface area contributed by atoms with Gasteiger partial charge in [-0.3, -0.25) is 0 Å². The number of nitrogens with zero attached hydrogens (tertiary/aromatic N) is 3. The van der Waals surface area contributed by atoms with E-state index in [1.807, 2.05) is 0 Å². The van der Waals surface area contributed by atoms with E-state index in [2.05, 4.69) is 29.5 Å². The molecule has 0 spiro atoms. The SMILES string of the molecule is CC(C)CNCc1cn(-c2cccc(F)c2F)nn1.